The highest BCUT2D eigenvalue weighted by Crippen LogP contribution is 2.41. The van der Waals surface area contributed by atoms with Crippen LogP contribution in [0.3, 0.4) is 0 Å². The van der Waals surface area contributed by atoms with Crippen molar-refractivity contribution in [3.63, 3.8) is 0 Å². The lowest BCUT2D eigenvalue weighted by molar-refractivity contribution is -0.0708. The molecule has 1 spiro atoms. The standard InChI is InChI=1S/C15H19FO2S/c16-12-4-3-5-13(10-12)19(17)14-6-9-18-15(11-14)7-1-2-8-15/h3-5,10,14H,1-2,6-9,11H2. The van der Waals surface area contributed by atoms with Gasteiger partial charge in [-0.15, -0.1) is 0 Å². The molecule has 0 radical (unpaired) electrons. The summed E-state index contributed by atoms with van der Waals surface area (Å²) in [4.78, 5) is 0.611. The van der Waals surface area contributed by atoms with Crippen molar-refractivity contribution in [2.75, 3.05) is 6.61 Å². The van der Waals surface area contributed by atoms with Gasteiger partial charge in [0.25, 0.3) is 0 Å². The molecule has 1 aromatic rings. The minimum absolute atomic E-state index is 0.0358. The van der Waals surface area contributed by atoms with E-state index in [2.05, 4.69) is 0 Å². The predicted molar refractivity (Wildman–Crippen MR) is 73.0 cm³/mol. The van der Waals surface area contributed by atoms with E-state index in [4.69, 9.17) is 4.74 Å². The third kappa shape index (κ3) is 2.75. The molecule has 1 aliphatic heterocycles. The van der Waals surface area contributed by atoms with E-state index in [0.717, 1.165) is 25.7 Å². The van der Waals surface area contributed by atoms with E-state index in [-0.39, 0.29) is 16.7 Å². The van der Waals surface area contributed by atoms with Crippen molar-refractivity contribution < 1.29 is 13.3 Å². The molecular formula is C15H19FO2S. The lowest BCUT2D eigenvalue weighted by Gasteiger charge is -2.37. The van der Waals surface area contributed by atoms with Crippen LogP contribution < -0.4 is 0 Å². The SMILES string of the molecule is O=S(c1cccc(F)c1)C1CCOC2(CCCC2)C1. The first-order valence-electron chi connectivity index (χ1n) is 6.99. The van der Waals surface area contributed by atoms with Gasteiger partial charge in [0.05, 0.1) is 16.4 Å². The highest BCUT2D eigenvalue weighted by atomic mass is 32.2. The van der Waals surface area contributed by atoms with Crippen molar-refractivity contribution in [1.82, 2.24) is 0 Å². The van der Waals surface area contributed by atoms with E-state index < -0.39 is 10.8 Å². The fourth-order valence-electron chi connectivity index (χ4n) is 3.32. The molecule has 0 amide bonds. The van der Waals surface area contributed by atoms with Gasteiger partial charge >= 0.3 is 0 Å². The smallest absolute Gasteiger partial charge is 0.124 e. The van der Waals surface area contributed by atoms with Gasteiger partial charge in [0.1, 0.15) is 5.82 Å². The average molecular weight is 282 g/mol. The number of hydrogen-bond donors (Lipinski definition) is 0. The summed E-state index contributed by atoms with van der Waals surface area (Å²) in [7, 11) is -1.12. The largest absolute Gasteiger partial charge is 0.375 e. The maximum absolute atomic E-state index is 13.2. The van der Waals surface area contributed by atoms with Crippen molar-refractivity contribution in [2.45, 2.75) is 54.3 Å². The van der Waals surface area contributed by atoms with Gasteiger partial charge in [0.2, 0.25) is 0 Å². The normalized spacial score (nSPS) is 27.5. The van der Waals surface area contributed by atoms with E-state index in [0.29, 0.717) is 11.5 Å². The minimum Gasteiger partial charge on any atom is -0.375 e. The van der Waals surface area contributed by atoms with Gasteiger partial charge in [0, 0.05) is 16.8 Å². The number of hydrogen-bond acceptors (Lipinski definition) is 2. The minimum atomic E-state index is -1.12. The van der Waals surface area contributed by atoms with Crippen LogP contribution in [0.1, 0.15) is 38.5 Å². The maximum atomic E-state index is 13.2. The fourth-order valence-corrected chi connectivity index (χ4v) is 4.91. The first-order chi connectivity index (χ1) is 9.19. The molecule has 2 aliphatic rings. The zero-order chi connectivity index (χ0) is 13.3. The van der Waals surface area contributed by atoms with Crippen LogP contribution in [0, 0.1) is 5.82 Å². The molecular weight excluding hydrogens is 263 g/mol. The van der Waals surface area contributed by atoms with Crippen LogP contribution in [0.5, 0.6) is 0 Å². The second-order valence-electron chi connectivity index (χ2n) is 5.61. The molecule has 1 aromatic carbocycles. The topological polar surface area (TPSA) is 26.3 Å². The molecule has 0 N–H and O–H groups in total. The van der Waals surface area contributed by atoms with Crippen LogP contribution in [0.2, 0.25) is 0 Å². The molecule has 1 heterocycles. The molecule has 1 saturated carbocycles. The Morgan fingerprint density at radius 1 is 1.32 bits per heavy atom. The molecule has 104 valence electrons. The summed E-state index contributed by atoms with van der Waals surface area (Å²) in [6.07, 6.45) is 6.26. The second-order valence-corrected chi connectivity index (χ2v) is 7.34. The molecule has 4 heteroatoms. The fraction of sp³-hybridized carbons (Fsp3) is 0.600. The first kappa shape index (κ1) is 13.3. The van der Waals surface area contributed by atoms with Crippen molar-refractivity contribution in [3.05, 3.63) is 30.1 Å². The summed E-state index contributed by atoms with van der Waals surface area (Å²) < 4.78 is 31.8. The highest BCUT2D eigenvalue weighted by molar-refractivity contribution is 7.85. The summed E-state index contributed by atoms with van der Waals surface area (Å²) in [5, 5.41) is 0.105. The molecule has 2 fully saturated rings. The van der Waals surface area contributed by atoms with E-state index in [1.165, 1.54) is 25.0 Å². The average Bonchev–Trinajstić information content (AvgIpc) is 2.86. The predicted octanol–water partition coefficient (Wildman–Crippen LogP) is 3.43. The Kier molecular flexibility index (Phi) is 3.72. The van der Waals surface area contributed by atoms with Crippen LogP contribution in [0.25, 0.3) is 0 Å². The van der Waals surface area contributed by atoms with E-state index in [1.54, 1.807) is 12.1 Å². The van der Waals surface area contributed by atoms with Gasteiger partial charge in [-0.25, -0.2) is 4.39 Å². The summed E-state index contributed by atoms with van der Waals surface area (Å²) in [5.41, 5.74) is -0.0358. The molecule has 1 aliphatic carbocycles. The first-order valence-corrected chi connectivity index (χ1v) is 8.20. The maximum Gasteiger partial charge on any atom is 0.124 e. The molecule has 2 nitrogen and oxygen atoms in total. The Labute approximate surface area is 115 Å². The molecule has 1 saturated heterocycles. The van der Waals surface area contributed by atoms with E-state index in [1.807, 2.05) is 0 Å². The summed E-state index contributed by atoms with van der Waals surface area (Å²) >= 11 is 0. The van der Waals surface area contributed by atoms with Crippen molar-refractivity contribution in [2.24, 2.45) is 0 Å². The zero-order valence-electron chi connectivity index (χ0n) is 10.9. The van der Waals surface area contributed by atoms with Gasteiger partial charge in [-0.2, -0.15) is 0 Å². The van der Waals surface area contributed by atoms with Crippen LogP contribution in [-0.2, 0) is 15.5 Å². The van der Waals surface area contributed by atoms with Crippen molar-refractivity contribution >= 4 is 10.8 Å². The van der Waals surface area contributed by atoms with Crippen LogP contribution in [0.4, 0.5) is 4.39 Å². The number of benzene rings is 1. The Hall–Kier alpha value is -0.740. The Bertz CT molecular complexity index is 483. The highest BCUT2D eigenvalue weighted by Gasteiger charge is 2.41. The van der Waals surface area contributed by atoms with Gasteiger partial charge in [0.15, 0.2) is 0 Å². The molecule has 3 rings (SSSR count). The third-order valence-electron chi connectivity index (χ3n) is 4.29. The third-order valence-corrected chi connectivity index (χ3v) is 6.02. The van der Waals surface area contributed by atoms with E-state index in [9.17, 15) is 8.60 Å². The Balaban J connectivity index is 1.76. The lowest BCUT2D eigenvalue weighted by atomic mass is 9.92. The van der Waals surface area contributed by atoms with Gasteiger partial charge in [-0.3, -0.25) is 4.21 Å². The molecule has 19 heavy (non-hydrogen) atoms. The Morgan fingerprint density at radius 3 is 2.84 bits per heavy atom. The summed E-state index contributed by atoms with van der Waals surface area (Å²) in [6, 6.07) is 6.18. The van der Waals surface area contributed by atoms with Gasteiger partial charge in [-0.1, -0.05) is 18.9 Å². The Morgan fingerprint density at radius 2 is 2.11 bits per heavy atom. The number of ether oxygens (including phenoxy) is 1. The monoisotopic (exact) mass is 282 g/mol. The lowest BCUT2D eigenvalue weighted by Crippen LogP contribution is -2.41. The molecule has 2 unspecified atom stereocenters. The van der Waals surface area contributed by atoms with Crippen molar-refractivity contribution in [1.29, 1.82) is 0 Å². The van der Waals surface area contributed by atoms with Crippen LogP contribution >= 0.6 is 0 Å². The number of rotatable bonds is 2. The van der Waals surface area contributed by atoms with Gasteiger partial charge < -0.3 is 4.74 Å². The second kappa shape index (κ2) is 5.33. The zero-order valence-corrected chi connectivity index (χ0v) is 11.8. The van der Waals surface area contributed by atoms with Gasteiger partial charge in [-0.05, 0) is 43.9 Å². The summed E-state index contributed by atoms with van der Waals surface area (Å²) in [6.45, 7) is 0.686. The van der Waals surface area contributed by atoms with Crippen molar-refractivity contribution in [3.8, 4) is 0 Å². The molecule has 0 aromatic heterocycles. The molecule has 2 atom stereocenters. The van der Waals surface area contributed by atoms with E-state index >= 15 is 0 Å². The summed E-state index contributed by atoms with van der Waals surface area (Å²) in [5.74, 6) is -0.312. The van der Waals surface area contributed by atoms with Crippen LogP contribution in [0.15, 0.2) is 29.2 Å². The number of halogens is 1. The van der Waals surface area contributed by atoms with Crippen LogP contribution in [-0.4, -0.2) is 21.7 Å². The molecule has 0 bridgehead atoms. The quantitative estimate of drug-likeness (QED) is 0.830.